The molecule has 0 unspecified atom stereocenters. The van der Waals surface area contributed by atoms with Gasteiger partial charge in [0.1, 0.15) is 13.2 Å². The molecule has 6 aromatic rings. The first-order valence-electron chi connectivity index (χ1n) is 29.6. The first-order chi connectivity index (χ1) is 43.1. The standard InChI is InChI=1S/C66H75N7O14S2/c1-66(2,89-88-28-12-18-63(77)87-73-61(75)19-20-62(73)76)42-69(3)60(74)17-11-21-70(22-23-83-26-27-84-25-24-80-4)47-30-43(40-85-58-36-52-50(34-56(58)81-5)64(78)71-48(38-67-52)32-45-13-7-9-15-54(45)71)29-44(31-47)41-86-59-37-53-51(35-57(59)82-6)65(79)72-49(39-68-53)33-46-14-8-10-16-55(46)72/h7-10,13-16,19-20,29-31,34-39,48-49,75-76H,11-12,17-18,21-28,32-33,40-42H2,1-6H3/t48-,49-/m0/s1. The van der Waals surface area contributed by atoms with Crippen LogP contribution in [0.3, 0.4) is 0 Å². The van der Waals surface area contributed by atoms with Gasteiger partial charge in [-0.2, -0.15) is 0 Å². The third-order valence-corrected chi connectivity index (χ3v) is 18.9. The SMILES string of the molecule is COCCOCCOCCN(CCCC(=O)N(C)CC(C)(C)SSCCCC(=O)On1c(O)ccc1O)c1cc(COc2cc3c(cc2OC)C(=O)N2c4ccccc4C[C@H]2C=N3)cc(COc2cc3c(cc2OC)C(=O)N2c4ccccc4C[C@H]2C=N3)c1. The van der Waals surface area contributed by atoms with Gasteiger partial charge in [0.25, 0.3) is 11.8 Å². The van der Waals surface area contributed by atoms with Gasteiger partial charge in [0.15, 0.2) is 23.0 Å². The van der Waals surface area contributed by atoms with Crippen LogP contribution in [-0.2, 0) is 49.9 Å². The zero-order chi connectivity index (χ0) is 62.6. The minimum absolute atomic E-state index is 0.0134. The Labute approximate surface area is 525 Å². The molecular formula is C66H75N7O14S2. The van der Waals surface area contributed by atoms with E-state index in [2.05, 4.69) is 18.7 Å². The number of aromatic hydroxyl groups is 2. The number of carbonyl (C=O) groups is 4. The van der Waals surface area contributed by atoms with Gasteiger partial charge in [-0.15, -0.1) is 4.73 Å². The summed E-state index contributed by atoms with van der Waals surface area (Å²) in [6.45, 7) is 7.75. The lowest BCUT2D eigenvalue weighted by Crippen LogP contribution is -2.38. The van der Waals surface area contributed by atoms with E-state index in [1.807, 2.05) is 86.2 Å². The number of hydrogen-bond acceptors (Lipinski definition) is 19. The maximum absolute atomic E-state index is 14.3. The first-order valence-corrected chi connectivity index (χ1v) is 31.9. The number of rotatable bonds is 31. The topological polar surface area (TPSA) is 225 Å². The van der Waals surface area contributed by atoms with Crippen molar-refractivity contribution in [3.05, 3.63) is 137 Å². The van der Waals surface area contributed by atoms with Gasteiger partial charge in [-0.25, -0.2) is 4.79 Å². The number of methoxy groups -OCH3 is 3. The summed E-state index contributed by atoms with van der Waals surface area (Å²) < 4.78 is 42.4. The van der Waals surface area contributed by atoms with Crippen molar-refractivity contribution in [2.45, 2.75) is 82.4 Å². The molecule has 0 saturated heterocycles. The third-order valence-electron chi connectivity index (χ3n) is 15.5. The molecule has 0 aliphatic carbocycles. The molecule has 4 aliphatic heterocycles. The Bertz CT molecular complexity index is 3410. The summed E-state index contributed by atoms with van der Waals surface area (Å²) in [5, 5.41) is 19.6. The van der Waals surface area contributed by atoms with Crippen molar-refractivity contribution in [2.24, 2.45) is 9.98 Å². The summed E-state index contributed by atoms with van der Waals surface area (Å²) >= 11 is 0. The number of para-hydroxylation sites is 2. The molecule has 0 spiro atoms. The largest absolute Gasteiger partial charge is 0.493 e. The van der Waals surface area contributed by atoms with E-state index in [1.54, 1.807) is 67.7 Å². The van der Waals surface area contributed by atoms with Gasteiger partial charge in [0.2, 0.25) is 17.7 Å². The van der Waals surface area contributed by atoms with Gasteiger partial charge in [-0.3, -0.25) is 34.2 Å². The Morgan fingerprint density at radius 3 is 1.74 bits per heavy atom. The number of anilines is 3. The predicted octanol–water partition coefficient (Wildman–Crippen LogP) is 9.97. The number of aromatic nitrogens is 1. The van der Waals surface area contributed by atoms with Crippen LogP contribution in [0.1, 0.15) is 82.5 Å². The summed E-state index contributed by atoms with van der Waals surface area (Å²) in [6, 6.07) is 30.7. The number of nitrogens with zero attached hydrogens (tertiary/aromatic N) is 7. The molecule has 0 fully saturated rings. The van der Waals surface area contributed by atoms with E-state index in [1.165, 1.54) is 26.4 Å². The molecule has 3 amide bonds. The van der Waals surface area contributed by atoms with Gasteiger partial charge in [0.05, 0.1) is 81.8 Å². The lowest BCUT2D eigenvalue weighted by atomic mass is 10.1. The fourth-order valence-electron chi connectivity index (χ4n) is 11.2. The normalized spacial score (nSPS) is 15.3. The number of hydrogen-bond donors (Lipinski definition) is 2. The highest BCUT2D eigenvalue weighted by atomic mass is 33.1. The van der Waals surface area contributed by atoms with Crippen molar-refractivity contribution in [1.82, 2.24) is 9.63 Å². The van der Waals surface area contributed by atoms with Crippen LogP contribution in [0.2, 0.25) is 0 Å². The minimum Gasteiger partial charge on any atom is -0.493 e. The van der Waals surface area contributed by atoms with E-state index in [0.29, 0.717) is 134 Å². The number of amides is 3. The monoisotopic (exact) mass is 1250 g/mol. The quantitative estimate of drug-likeness (QED) is 0.0305. The fourth-order valence-corrected chi connectivity index (χ4v) is 13.8. The molecule has 470 valence electrons. The number of fused-ring (bicyclic) bond motifs is 8. The van der Waals surface area contributed by atoms with Crippen LogP contribution in [-0.4, -0.2) is 160 Å². The Kier molecular flexibility index (Phi) is 21.1. The summed E-state index contributed by atoms with van der Waals surface area (Å²) in [7, 11) is 9.74. The fraction of sp³-hybridized carbons (Fsp3) is 0.394. The molecule has 5 aromatic carbocycles. The van der Waals surface area contributed by atoms with Crippen LogP contribution >= 0.6 is 21.6 Å². The van der Waals surface area contributed by atoms with E-state index in [4.69, 9.17) is 48.0 Å². The van der Waals surface area contributed by atoms with Crippen LogP contribution in [0.4, 0.5) is 28.4 Å². The van der Waals surface area contributed by atoms with Gasteiger partial charge in [-0.05, 0) is 91.4 Å². The Hall–Kier alpha value is -8.22. The molecule has 4 aliphatic rings. The molecule has 0 radical (unpaired) electrons. The second kappa shape index (κ2) is 29.4. The zero-order valence-corrected chi connectivity index (χ0v) is 52.5. The molecule has 2 N–H and O–H groups in total. The van der Waals surface area contributed by atoms with E-state index < -0.39 is 5.97 Å². The molecule has 0 bridgehead atoms. The second-order valence-electron chi connectivity index (χ2n) is 22.5. The van der Waals surface area contributed by atoms with Crippen LogP contribution in [0.25, 0.3) is 0 Å². The number of benzene rings is 5. The van der Waals surface area contributed by atoms with Crippen molar-refractivity contribution in [3.8, 4) is 34.8 Å². The minimum atomic E-state index is -0.588. The zero-order valence-electron chi connectivity index (χ0n) is 50.9. The average Bonchev–Trinajstić information content (AvgIpc) is 1.69. The molecule has 21 nitrogen and oxygen atoms in total. The lowest BCUT2D eigenvalue weighted by molar-refractivity contribution is -0.145. The maximum atomic E-state index is 14.3. The smallest absolute Gasteiger partial charge is 0.333 e. The predicted molar refractivity (Wildman–Crippen MR) is 344 cm³/mol. The highest BCUT2D eigenvalue weighted by molar-refractivity contribution is 8.77. The Morgan fingerprint density at radius 2 is 1.19 bits per heavy atom. The van der Waals surface area contributed by atoms with Crippen LogP contribution in [0.15, 0.2) is 113 Å². The van der Waals surface area contributed by atoms with Crippen LogP contribution < -0.4 is 38.5 Å². The summed E-state index contributed by atoms with van der Waals surface area (Å²) in [4.78, 5) is 77.1. The summed E-state index contributed by atoms with van der Waals surface area (Å²) in [5.41, 5.74) is 8.02. The average molecular weight is 1250 g/mol. The second-order valence-corrected chi connectivity index (χ2v) is 25.6. The maximum Gasteiger partial charge on any atom is 0.333 e. The van der Waals surface area contributed by atoms with Gasteiger partial charge < -0.3 is 58.0 Å². The number of aliphatic imine (C=N–C) groups is 2. The molecule has 10 rings (SSSR count). The first kappa shape index (κ1) is 63.8. The third kappa shape index (κ3) is 15.4. The molecule has 5 heterocycles. The summed E-state index contributed by atoms with van der Waals surface area (Å²) in [6.07, 6.45) is 6.34. The van der Waals surface area contributed by atoms with Gasteiger partial charge in [-0.1, -0.05) is 58.0 Å². The van der Waals surface area contributed by atoms with Crippen molar-refractivity contribution in [3.63, 3.8) is 0 Å². The molecular weight excluding hydrogens is 1180 g/mol. The Morgan fingerprint density at radius 1 is 0.652 bits per heavy atom. The van der Waals surface area contributed by atoms with Gasteiger partial charge in [0, 0.05) is 124 Å². The molecule has 89 heavy (non-hydrogen) atoms. The van der Waals surface area contributed by atoms with Crippen LogP contribution in [0, 0.1) is 0 Å². The molecule has 23 heteroatoms. The highest BCUT2D eigenvalue weighted by Gasteiger charge is 2.38. The molecule has 0 saturated carbocycles. The van der Waals surface area contributed by atoms with Crippen molar-refractivity contribution in [1.29, 1.82) is 0 Å². The molecule has 1 aromatic heterocycles. The van der Waals surface area contributed by atoms with Crippen molar-refractivity contribution >= 4 is 86.1 Å². The summed E-state index contributed by atoms with van der Waals surface area (Å²) in [5.74, 6) is 0.460. The lowest BCUT2D eigenvalue weighted by Gasteiger charge is -2.30. The van der Waals surface area contributed by atoms with Crippen molar-refractivity contribution < 1.29 is 67.4 Å². The van der Waals surface area contributed by atoms with E-state index in [-0.39, 0.29) is 72.4 Å². The number of carbonyl (C=O) groups excluding carboxylic acids is 4. The van der Waals surface area contributed by atoms with E-state index in [9.17, 15) is 29.4 Å². The van der Waals surface area contributed by atoms with Crippen LogP contribution in [0.5, 0.6) is 34.8 Å². The van der Waals surface area contributed by atoms with Crippen molar-refractivity contribution in [2.75, 3.05) is 101 Å². The molecule has 2 atom stereocenters. The number of ether oxygens (including phenoxy) is 7. The van der Waals surface area contributed by atoms with Gasteiger partial charge >= 0.3 is 5.97 Å². The van der Waals surface area contributed by atoms with E-state index in [0.717, 1.165) is 39.3 Å². The Balaban J connectivity index is 0.865. The van der Waals surface area contributed by atoms with E-state index >= 15 is 0 Å². The highest BCUT2D eigenvalue weighted by Crippen LogP contribution is 2.44.